The van der Waals surface area contributed by atoms with E-state index in [-0.39, 0.29) is 11.7 Å². The summed E-state index contributed by atoms with van der Waals surface area (Å²) in [5.74, 6) is 0.395. The Morgan fingerprint density at radius 3 is 2.35 bits per heavy atom. The summed E-state index contributed by atoms with van der Waals surface area (Å²) >= 11 is 1.29. The maximum atomic E-state index is 12.8. The van der Waals surface area contributed by atoms with Crippen molar-refractivity contribution in [2.45, 2.75) is 19.0 Å². The van der Waals surface area contributed by atoms with Crippen LogP contribution < -0.4 is 5.32 Å². The third kappa shape index (κ3) is 4.09. The number of rotatable bonds is 6. The van der Waals surface area contributed by atoms with Crippen LogP contribution in [0.5, 0.6) is 0 Å². The molecular formula is C23H20N6OS. The second-order valence-corrected chi connectivity index (χ2v) is 7.82. The molecule has 0 atom stereocenters. The summed E-state index contributed by atoms with van der Waals surface area (Å²) in [5.41, 5.74) is 4.03. The van der Waals surface area contributed by atoms with Crippen LogP contribution in [0.25, 0.3) is 11.4 Å². The van der Waals surface area contributed by atoms with Crippen molar-refractivity contribution in [3.8, 4) is 17.4 Å². The fourth-order valence-corrected chi connectivity index (χ4v) is 4.08. The molecule has 7 nitrogen and oxygen atoms in total. The Kier molecular flexibility index (Phi) is 5.87. The number of aromatic nitrogens is 4. The molecule has 31 heavy (non-hydrogen) atoms. The van der Waals surface area contributed by atoms with E-state index in [0.717, 1.165) is 22.6 Å². The summed E-state index contributed by atoms with van der Waals surface area (Å²) in [6.45, 7) is 3.83. The Morgan fingerprint density at radius 2 is 1.71 bits per heavy atom. The number of anilines is 1. The summed E-state index contributed by atoms with van der Waals surface area (Å²) in [6.07, 6.45) is 1.62. The predicted octanol–water partition coefficient (Wildman–Crippen LogP) is 4.28. The highest BCUT2D eigenvalue weighted by Gasteiger charge is 2.21. The highest BCUT2D eigenvalue weighted by molar-refractivity contribution is 7.99. The average Bonchev–Trinajstić information content (AvgIpc) is 3.36. The Balaban J connectivity index is 1.56. The van der Waals surface area contributed by atoms with E-state index in [4.69, 9.17) is 0 Å². The molecule has 0 radical (unpaired) electrons. The SMILES string of the molecule is Cc1c(C#N)c(NC(=O)CSc2nncn2-c2ccccc2)n(-c2ccccc2)c1C. The van der Waals surface area contributed by atoms with E-state index in [9.17, 15) is 10.1 Å². The van der Waals surface area contributed by atoms with Gasteiger partial charge in [0.05, 0.1) is 11.3 Å². The van der Waals surface area contributed by atoms with Crippen molar-refractivity contribution in [1.29, 1.82) is 5.26 Å². The van der Waals surface area contributed by atoms with Gasteiger partial charge in [-0.3, -0.25) is 13.9 Å². The molecule has 0 bridgehead atoms. The van der Waals surface area contributed by atoms with Gasteiger partial charge in [-0.2, -0.15) is 5.26 Å². The Hall–Kier alpha value is -3.83. The molecule has 4 rings (SSSR count). The van der Waals surface area contributed by atoms with Gasteiger partial charge in [-0.05, 0) is 43.7 Å². The normalized spacial score (nSPS) is 10.6. The minimum atomic E-state index is -0.223. The quantitative estimate of drug-likeness (QED) is 0.463. The van der Waals surface area contributed by atoms with Gasteiger partial charge in [-0.15, -0.1) is 10.2 Å². The van der Waals surface area contributed by atoms with Gasteiger partial charge in [0.2, 0.25) is 5.91 Å². The van der Waals surface area contributed by atoms with Gasteiger partial charge in [-0.1, -0.05) is 48.2 Å². The first kappa shape index (κ1) is 20.4. The van der Waals surface area contributed by atoms with E-state index in [0.29, 0.717) is 16.5 Å². The van der Waals surface area contributed by atoms with E-state index >= 15 is 0 Å². The van der Waals surface area contributed by atoms with Crippen LogP contribution in [0.3, 0.4) is 0 Å². The second-order valence-electron chi connectivity index (χ2n) is 6.87. The molecule has 0 unspecified atom stereocenters. The van der Waals surface area contributed by atoms with Gasteiger partial charge >= 0.3 is 0 Å². The van der Waals surface area contributed by atoms with Crippen LogP contribution in [0.2, 0.25) is 0 Å². The number of nitrogens with zero attached hydrogens (tertiary/aromatic N) is 5. The Labute approximate surface area is 184 Å². The highest BCUT2D eigenvalue weighted by atomic mass is 32.2. The van der Waals surface area contributed by atoms with E-state index in [1.54, 1.807) is 6.33 Å². The molecular weight excluding hydrogens is 408 g/mol. The molecule has 0 saturated carbocycles. The lowest BCUT2D eigenvalue weighted by Crippen LogP contribution is -2.18. The average molecular weight is 429 g/mol. The zero-order valence-corrected chi connectivity index (χ0v) is 17.9. The van der Waals surface area contributed by atoms with Crippen molar-refractivity contribution >= 4 is 23.5 Å². The number of benzene rings is 2. The molecule has 0 saturated heterocycles. The number of thioether (sulfide) groups is 1. The van der Waals surface area contributed by atoms with Crippen LogP contribution in [0.4, 0.5) is 5.82 Å². The van der Waals surface area contributed by atoms with E-state index < -0.39 is 0 Å². The summed E-state index contributed by atoms with van der Waals surface area (Å²) in [4.78, 5) is 12.8. The van der Waals surface area contributed by atoms with Gasteiger partial charge in [0.15, 0.2) is 5.16 Å². The molecule has 1 amide bonds. The van der Waals surface area contributed by atoms with Crippen LogP contribution in [-0.4, -0.2) is 31.0 Å². The Bertz CT molecular complexity index is 1250. The number of hydrogen-bond donors (Lipinski definition) is 1. The van der Waals surface area contributed by atoms with E-state index in [1.807, 2.05) is 83.6 Å². The molecule has 0 spiro atoms. The Morgan fingerprint density at radius 1 is 1.06 bits per heavy atom. The summed E-state index contributed by atoms with van der Waals surface area (Å²) < 4.78 is 3.74. The van der Waals surface area contributed by atoms with Crippen LogP contribution in [0.1, 0.15) is 16.8 Å². The lowest BCUT2D eigenvalue weighted by atomic mass is 10.2. The number of carbonyl (C=O) groups excluding carboxylic acids is 1. The summed E-state index contributed by atoms with van der Waals surface area (Å²) in [7, 11) is 0. The molecule has 2 aromatic heterocycles. The lowest BCUT2D eigenvalue weighted by Gasteiger charge is -2.13. The minimum absolute atomic E-state index is 0.133. The topological polar surface area (TPSA) is 88.5 Å². The first-order valence-corrected chi connectivity index (χ1v) is 10.6. The van der Waals surface area contributed by atoms with Crippen molar-refractivity contribution in [2.75, 3.05) is 11.1 Å². The van der Waals surface area contributed by atoms with Gasteiger partial charge in [0, 0.05) is 17.1 Å². The number of carbonyl (C=O) groups is 1. The zero-order chi connectivity index (χ0) is 21.8. The summed E-state index contributed by atoms with van der Waals surface area (Å²) in [5, 5.41) is 21.3. The first-order chi connectivity index (χ1) is 15.1. The maximum Gasteiger partial charge on any atom is 0.236 e. The van der Waals surface area contributed by atoms with Crippen LogP contribution in [-0.2, 0) is 4.79 Å². The molecule has 154 valence electrons. The molecule has 0 aliphatic rings. The van der Waals surface area contributed by atoms with Gasteiger partial charge in [-0.25, -0.2) is 0 Å². The smallest absolute Gasteiger partial charge is 0.236 e. The van der Waals surface area contributed by atoms with Crippen molar-refractivity contribution in [3.63, 3.8) is 0 Å². The van der Waals surface area contributed by atoms with Gasteiger partial charge < -0.3 is 5.32 Å². The van der Waals surface area contributed by atoms with Crippen molar-refractivity contribution in [3.05, 3.63) is 83.8 Å². The maximum absolute atomic E-state index is 12.8. The van der Waals surface area contributed by atoms with Crippen molar-refractivity contribution in [2.24, 2.45) is 0 Å². The molecule has 0 aliphatic heterocycles. The second kappa shape index (κ2) is 8.90. The third-order valence-corrected chi connectivity index (χ3v) is 5.92. The number of hydrogen-bond acceptors (Lipinski definition) is 5. The van der Waals surface area contributed by atoms with E-state index in [2.05, 4.69) is 21.6 Å². The molecule has 2 aromatic carbocycles. The van der Waals surface area contributed by atoms with Crippen LogP contribution in [0, 0.1) is 25.2 Å². The monoisotopic (exact) mass is 428 g/mol. The zero-order valence-electron chi connectivity index (χ0n) is 17.1. The highest BCUT2D eigenvalue weighted by Crippen LogP contribution is 2.30. The fourth-order valence-electron chi connectivity index (χ4n) is 3.35. The predicted molar refractivity (Wildman–Crippen MR) is 121 cm³/mol. The lowest BCUT2D eigenvalue weighted by molar-refractivity contribution is -0.113. The van der Waals surface area contributed by atoms with Crippen molar-refractivity contribution < 1.29 is 4.79 Å². The first-order valence-electron chi connectivity index (χ1n) is 9.65. The van der Waals surface area contributed by atoms with Gasteiger partial charge in [0.25, 0.3) is 0 Å². The number of nitriles is 1. The third-order valence-electron chi connectivity index (χ3n) is 4.98. The standard InChI is InChI=1S/C23H20N6OS/c1-16-17(2)29(19-11-7-4-8-12-19)22(20(16)13-24)26-21(30)14-31-23-27-25-15-28(23)18-9-5-3-6-10-18/h3-12,15H,14H2,1-2H3,(H,26,30). The molecule has 2 heterocycles. The molecule has 1 N–H and O–H groups in total. The van der Waals surface area contributed by atoms with Crippen molar-refractivity contribution in [1.82, 2.24) is 19.3 Å². The number of nitrogens with one attached hydrogen (secondary N) is 1. The fraction of sp³-hybridized carbons (Fsp3) is 0.130. The number of amides is 1. The van der Waals surface area contributed by atoms with Crippen LogP contribution in [0.15, 0.2) is 72.1 Å². The molecule has 8 heteroatoms. The van der Waals surface area contributed by atoms with E-state index in [1.165, 1.54) is 11.8 Å². The largest absolute Gasteiger partial charge is 0.310 e. The molecule has 4 aromatic rings. The minimum Gasteiger partial charge on any atom is -0.310 e. The van der Waals surface area contributed by atoms with Gasteiger partial charge in [0.1, 0.15) is 18.2 Å². The molecule has 0 fully saturated rings. The summed E-state index contributed by atoms with van der Waals surface area (Å²) in [6, 6.07) is 21.6. The van der Waals surface area contributed by atoms with Crippen LogP contribution >= 0.6 is 11.8 Å². The molecule has 0 aliphatic carbocycles. The number of para-hydroxylation sites is 2.